The molecule has 5 heteroatoms. The van der Waals surface area contributed by atoms with Gasteiger partial charge in [0.25, 0.3) is 0 Å². The molecule has 1 aliphatic rings. The lowest BCUT2D eigenvalue weighted by atomic mass is 10.2. The molecule has 0 amide bonds. The van der Waals surface area contributed by atoms with Crippen LogP contribution in [0.2, 0.25) is 0 Å². The largest absolute Gasteiger partial charge is 0.497 e. The van der Waals surface area contributed by atoms with Gasteiger partial charge in [0.15, 0.2) is 6.29 Å². The third kappa shape index (κ3) is 2.58. The molecule has 0 radical (unpaired) electrons. The highest BCUT2D eigenvalue weighted by Crippen LogP contribution is 2.31. The molecular formula is C12H16O5. The van der Waals surface area contributed by atoms with E-state index in [0.29, 0.717) is 0 Å². The molecule has 5 nitrogen and oxygen atoms in total. The zero-order valence-electron chi connectivity index (χ0n) is 9.57. The molecule has 2 atom stereocenters. The van der Waals surface area contributed by atoms with Gasteiger partial charge in [-0.2, -0.15) is 0 Å². The molecular weight excluding hydrogens is 224 g/mol. The maximum atomic E-state index is 9.08. The van der Waals surface area contributed by atoms with Gasteiger partial charge in [-0.15, -0.1) is 0 Å². The van der Waals surface area contributed by atoms with Gasteiger partial charge in [-0.1, -0.05) is 12.1 Å². The number of methoxy groups -OCH3 is 1. The van der Waals surface area contributed by atoms with Crippen LogP contribution < -0.4 is 4.74 Å². The maximum absolute atomic E-state index is 9.08. The van der Waals surface area contributed by atoms with Crippen molar-refractivity contribution in [3.8, 4) is 5.75 Å². The molecule has 0 aliphatic carbocycles. The number of aliphatic hydroxyl groups excluding tert-OH is 2. The molecule has 17 heavy (non-hydrogen) atoms. The minimum atomic E-state index is -0.546. The predicted octanol–water partition coefficient (Wildman–Crippen LogP) is 0.462. The second kappa shape index (κ2) is 5.46. The quantitative estimate of drug-likeness (QED) is 0.800. The van der Waals surface area contributed by atoms with Gasteiger partial charge in [-0.3, -0.25) is 0 Å². The van der Waals surface area contributed by atoms with Crippen LogP contribution in [0.3, 0.4) is 0 Å². The Morgan fingerprint density at radius 1 is 1.06 bits per heavy atom. The van der Waals surface area contributed by atoms with E-state index in [2.05, 4.69) is 0 Å². The van der Waals surface area contributed by atoms with Crippen molar-refractivity contribution in [2.45, 2.75) is 18.5 Å². The van der Waals surface area contributed by atoms with Crippen molar-refractivity contribution in [1.29, 1.82) is 0 Å². The van der Waals surface area contributed by atoms with Gasteiger partial charge in [0.2, 0.25) is 0 Å². The van der Waals surface area contributed by atoms with Crippen molar-refractivity contribution >= 4 is 0 Å². The van der Waals surface area contributed by atoms with Crippen LogP contribution in [-0.4, -0.2) is 42.7 Å². The van der Waals surface area contributed by atoms with E-state index in [1.165, 1.54) is 0 Å². The summed E-state index contributed by atoms with van der Waals surface area (Å²) in [5.74, 6) is 0.754. The minimum Gasteiger partial charge on any atom is -0.497 e. The summed E-state index contributed by atoms with van der Waals surface area (Å²) in [7, 11) is 1.60. The molecule has 1 aliphatic heterocycles. The summed E-state index contributed by atoms with van der Waals surface area (Å²) in [5, 5.41) is 18.2. The Hall–Kier alpha value is -1.14. The smallest absolute Gasteiger partial charge is 0.184 e. The molecule has 1 saturated heterocycles. The Kier molecular flexibility index (Phi) is 3.96. The van der Waals surface area contributed by atoms with Crippen LogP contribution >= 0.6 is 0 Å². The normalized spacial score (nSPS) is 28.3. The fourth-order valence-corrected chi connectivity index (χ4v) is 1.76. The van der Waals surface area contributed by atoms with E-state index in [1.807, 2.05) is 24.3 Å². The van der Waals surface area contributed by atoms with E-state index in [4.69, 9.17) is 24.4 Å². The van der Waals surface area contributed by atoms with Crippen molar-refractivity contribution < 1.29 is 24.4 Å². The van der Waals surface area contributed by atoms with Crippen molar-refractivity contribution in [3.63, 3.8) is 0 Å². The fraction of sp³-hybridized carbons (Fsp3) is 0.500. The molecule has 2 N–H and O–H groups in total. The monoisotopic (exact) mass is 240 g/mol. The van der Waals surface area contributed by atoms with Crippen LogP contribution in [0, 0.1) is 0 Å². The van der Waals surface area contributed by atoms with E-state index in [-0.39, 0.29) is 13.2 Å². The zero-order chi connectivity index (χ0) is 12.3. The zero-order valence-corrected chi connectivity index (χ0v) is 9.57. The van der Waals surface area contributed by atoms with Crippen molar-refractivity contribution in [1.82, 2.24) is 0 Å². The highest BCUT2D eigenvalue weighted by molar-refractivity contribution is 5.28. The molecule has 1 aromatic carbocycles. The van der Waals surface area contributed by atoms with Gasteiger partial charge in [0.05, 0.1) is 20.3 Å². The summed E-state index contributed by atoms with van der Waals surface area (Å²) in [6, 6.07) is 7.28. The lowest BCUT2D eigenvalue weighted by molar-refractivity contribution is -0.0770. The number of ether oxygens (including phenoxy) is 3. The Morgan fingerprint density at radius 2 is 1.59 bits per heavy atom. The van der Waals surface area contributed by atoms with Crippen LogP contribution in [-0.2, 0) is 9.47 Å². The predicted molar refractivity (Wildman–Crippen MR) is 59.7 cm³/mol. The van der Waals surface area contributed by atoms with Gasteiger partial charge in [0, 0.05) is 5.56 Å². The molecule has 1 fully saturated rings. The Balaban J connectivity index is 2.07. The third-order valence-corrected chi connectivity index (χ3v) is 2.76. The summed E-state index contributed by atoms with van der Waals surface area (Å²) >= 11 is 0. The molecule has 2 rings (SSSR count). The molecule has 1 aromatic rings. The van der Waals surface area contributed by atoms with E-state index in [9.17, 15) is 0 Å². The van der Waals surface area contributed by atoms with Crippen molar-refractivity contribution in [2.75, 3.05) is 20.3 Å². The SMILES string of the molecule is COc1ccc(C2OC(CO)C(CO)O2)cc1. The first kappa shape index (κ1) is 12.3. The number of hydrogen-bond donors (Lipinski definition) is 2. The summed E-state index contributed by atoms with van der Waals surface area (Å²) in [4.78, 5) is 0. The van der Waals surface area contributed by atoms with Crippen LogP contribution in [0.25, 0.3) is 0 Å². The first-order chi connectivity index (χ1) is 8.28. The summed E-state index contributed by atoms with van der Waals surface area (Å²) in [5.41, 5.74) is 0.834. The van der Waals surface area contributed by atoms with Crippen LogP contribution in [0.15, 0.2) is 24.3 Å². The molecule has 94 valence electrons. The topological polar surface area (TPSA) is 68.2 Å². The summed E-state index contributed by atoms with van der Waals surface area (Å²) in [6.07, 6.45) is -1.51. The molecule has 2 unspecified atom stereocenters. The standard InChI is InChI=1S/C12H16O5/c1-15-9-4-2-8(3-5-9)12-16-10(6-13)11(7-14)17-12/h2-5,10-14H,6-7H2,1H3. The first-order valence-electron chi connectivity index (χ1n) is 5.45. The molecule has 0 aromatic heterocycles. The Labute approximate surface area is 99.5 Å². The molecule has 0 spiro atoms. The van der Waals surface area contributed by atoms with E-state index < -0.39 is 18.5 Å². The first-order valence-corrected chi connectivity index (χ1v) is 5.45. The molecule has 0 bridgehead atoms. The van der Waals surface area contributed by atoms with Crippen molar-refractivity contribution in [2.24, 2.45) is 0 Å². The Morgan fingerprint density at radius 3 is 2.00 bits per heavy atom. The summed E-state index contributed by atoms with van der Waals surface area (Å²) < 4.78 is 16.1. The number of hydrogen-bond acceptors (Lipinski definition) is 5. The van der Waals surface area contributed by atoms with E-state index in [0.717, 1.165) is 11.3 Å². The minimum absolute atomic E-state index is 0.169. The average Bonchev–Trinajstić information content (AvgIpc) is 2.82. The van der Waals surface area contributed by atoms with Crippen molar-refractivity contribution in [3.05, 3.63) is 29.8 Å². The Bertz CT molecular complexity index is 338. The van der Waals surface area contributed by atoms with Crippen LogP contribution in [0.5, 0.6) is 5.75 Å². The third-order valence-electron chi connectivity index (χ3n) is 2.76. The van der Waals surface area contributed by atoms with Gasteiger partial charge >= 0.3 is 0 Å². The molecule has 0 saturated carbocycles. The number of benzene rings is 1. The number of rotatable bonds is 4. The van der Waals surface area contributed by atoms with E-state index >= 15 is 0 Å². The highest BCUT2D eigenvalue weighted by atomic mass is 16.7. The van der Waals surface area contributed by atoms with Crippen LogP contribution in [0.1, 0.15) is 11.9 Å². The molecule has 1 heterocycles. The second-order valence-corrected chi connectivity index (χ2v) is 3.82. The van der Waals surface area contributed by atoms with Gasteiger partial charge in [-0.05, 0) is 12.1 Å². The van der Waals surface area contributed by atoms with E-state index in [1.54, 1.807) is 7.11 Å². The summed E-state index contributed by atoms with van der Waals surface area (Å²) in [6.45, 7) is -0.338. The average molecular weight is 240 g/mol. The fourth-order valence-electron chi connectivity index (χ4n) is 1.76. The van der Waals surface area contributed by atoms with Gasteiger partial charge in [-0.25, -0.2) is 0 Å². The van der Waals surface area contributed by atoms with Gasteiger partial charge < -0.3 is 24.4 Å². The number of aliphatic hydroxyl groups is 2. The second-order valence-electron chi connectivity index (χ2n) is 3.82. The maximum Gasteiger partial charge on any atom is 0.184 e. The lowest BCUT2D eigenvalue weighted by Gasteiger charge is -2.10. The highest BCUT2D eigenvalue weighted by Gasteiger charge is 2.35. The lowest BCUT2D eigenvalue weighted by Crippen LogP contribution is -2.29. The van der Waals surface area contributed by atoms with Gasteiger partial charge in [0.1, 0.15) is 18.0 Å². The van der Waals surface area contributed by atoms with Crippen LogP contribution in [0.4, 0.5) is 0 Å².